The second-order valence-electron chi connectivity index (χ2n) is 2.83. The standard InChI is InChI=1S/C10H6ClNO2S/c11-7-3-1-2-4-8(7)15-12-9(13)5-6-10(12)14/h1-6H. The molecule has 2 rings (SSSR count). The van der Waals surface area contributed by atoms with Gasteiger partial charge in [0.15, 0.2) is 0 Å². The number of imide groups is 1. The molecule has 0 saturated carbocycles. The van der Waals surface area contributed by atoms with Crippen molar-refractivity contribution >= 4 is 35.4 Å². The number of halogens is 1. The summed E-state index contributed by atoms with van der Waals surface area (Å²) in [5.41, 5.74) is 0. The van der Waals surface area contributed by atoms with Crippen molar-refractivity contribution in [1.82, 2.24) is 4.31 Å². The summed E-state index contributed by atoms with van der Waals surface area (Å²) in [5.74, 6) is -0.658. The lowest BCUT2D eigenvalue weighted by Gasteiger charge is -2.12. The van der Waals surface area contributed by atoms with Gasteiger partial charge in [0.2, 0.25) is 0 Å². The molecule has 76 valence electrons. The average molecular weight is 240 g/mol. The smallest absolute Gasteiger partial charge is 0.264 e. The Morgan fingerprint density at radius 3 is 2.27 bits per heavy atom. The SMILES string of the molecule is O=C1C=CC(=O)N1Sc1ccccc1Cl. The van der Waals surface area contributed by atoms with E-state index in [1.54, 1.807) is 24.3 Å². The van der Waals surface area contributed by atoms with E-state index in [0.717, 1.165) is 16.3 Å². The van der Waals surface area contributed by atoms with Crippen LogP contribution < -0.4 is 0 Å². The summed E-state index contributed by atoms with van der Waals surface area (Å²) in [5, 5.41) is 0.523. The first kappa shape index (κ1) is 10.3. The molecule has 0 atom stereocenters. The predicted octanol–water partition coefficient (Wildman–Crippen LogP) is 2.27. The summed E-state index contributed by atoms with van der Waals surface area (Å²) in [7, 11) is 0. The van der Waals surface area contributed by atoms with Crippen molar-refractivity contribution < 1.29 is 9.59 Å². The Morgan fingerprint density at radius 1 is 1.07 bits per heavy atom. The van der Waals surface area contributed by atoms with Gasteiger partial charge >= 0.3 is 0 Å². The van der Waals surface area contributed by atoms with Crippen LogP contribution in [0.15, 0.2) is 41.3 Å². The number of benzene rings is 1. The van der Waals surface area contributed by atoms with E-state index in [4.69, 9.17) is 11.6 Å². The highest BCUT2D eigenvalue weighted by molar-refractivity contribution is 7.98. The van der Waals surface area contributed by atoms with Gasteiger partial charge in [0.25, 0.3) is 11.8 Å². The molecule has 0 unspecified atom stereocenters. The topological polar surface area (TPSA) is 37.4 Å². The highest BCUT2D eigenvalue weighted by Crippen LogP contribution is 2.31. The Hall–Kier alpha value is -1.26. The number of amides is 2. The van der Waals surface area contributed by atoms with Crippen LogP contribution in [0.5, 0.6) is 0 Å². The Kier molecular flexibility index (Phi) is 2.79. The van der Waals surface area contributed by atoms with Crippen molar-refractivity contribution in [2.24, 2.45) is 0 Å². The lowest BCUT2D eigenvalue weighted by Crippen LogP contribution is -2.22. The third kappa shape index (κ3) is 2.06. The molecular formula is C10H6ClNO2S. The molecule has 0 radical (unpaired) electrons. The van der Waals surface area contributed by atoms with Crippen molar-refractivity contribution in [3.63, 3.8) is 0 Å². The largest absolute Gasteiger partial charge is 0.268 e. The fourth-order valence-corrected chi connectivity index (χ4v) is 2.13. The fraction of sp³-hybridized carbons (Fsp3) is 0. The molecule has 0 N–H and O–H groups in total. The molecule has 0 aromatic heterocycles. The summed E-state index contributed by atoms with van der Waals surface area (Å²) in [6, 6.07) is 7.05. The Balaban J connectivity index is 2.20. The minimum atomic E-state index is -0.329. The monoisotopic (exact) mass is 239 g/mol. The molecular weight excluding hydrogens is 234 g/mol. The highest BCUT2D eigenvalue weighted by Gasteiger charge is 2.25. The molecule has 0 bridgehead atoms. The van der Waals surface area contributed by atoms with Gasteiger partial charge in [-0.25, -0.2) is 4.31 Å². The summed E-state index contributed by atoms with van der Waals surface area (Å²) < 4.78 is 1.07. The molecule has 5 heteroatoms. The molecule has 0 aliphatic carbocycles. The van der Waals surface area contributed by atoms with Crippen LogP contribution in [-0.2, 0) is 9.59 Å². The number of nitrogens with zero attached hydrogens (tertiary/aromatic N) is 1. The first-order chi connectivity index (χ1) is 7.18. The van der Waals surface area contributed by atoms with Crippen LogP contribution in [0.2, 0.25) is 5.02 Å². The molecule has 1 aromatic rings. The van der Waals surface area contributed by atoms with Crippen LogP contribution in [0.1, 0.15) is 0 Å². The van der Waals surface area contributed by atoms with Crippen molar-refractivity contribution in [1.29, 1.82) is 0 Å². The Bertz CT molecular complexity index is 440. The van der Waals surface area contributed by atoms with E-state index in [-0.39, 0.29) is 11.8 Å². The zero-order valence-corrected chi connectivity index (χ0v) is 9.09. The van der Waals surface area contributed by atoms with Gasteiger partial charge < -0.3 is 0 Å². The van der Waals surface area contributed by atoms with Crippen LogP contribution in [0.4, 0.5) is 0 Å². The van der Waals surface area contributed by atoms with Crippen molar-refractivity contribution in [3.8, 4) is 0 Å². The van der Waals surface area contributed by atoms with Gasteiger partial charge in [-0.1, -0.05) is 23.7 Å². The van der Waals surface area contributed by atoms with Crippen LogP contribution in [0, 0.1) is 0 Å². The third-order valence-corrected chi connectivity index (χ3v) is 3.33. The summed E-state index contributed by atoms with van der Waals surface area (Å²) in [6.45, 7) is 0. The Morgan fingerprint density at radius 2 is 1.67 bits per heavy atom. The summed E-state index contributed by atoms with van der Waals surface area (Å²) >= 11 is 6.94. The van der Waals surface area contributed by atoms with E-state index in [2.05, 4.69) is 0 Å². The third-order valence-electron chi connectivity index (χ3n) is 1.80. The van der Waals surface area contributed by atoms with E-state index in [9.17, 15) is 9.59 Å². The number of hydrogen-bond donors (Lipinski definition) is 0. The van der Waals surface area contributed by atoms with E-state index in [1.165, 1.54) is 12.2 Å². The second-order valence-corrected chi connectivity index (χ2v) is 4.22. The van der Waals surface area contributed by atoms with Gasteiger partial charge in [-0.3, -0.25) is 9.59 Å². The first-order valence-electron chi connectivity index (χ1n) is 4.17. The molecule has 3 nitrogen and oxygen atoms in total. The zero-order chi connectivity index (χ0) is 10.8. The van der Waals surface area contributed by atoms with Gasteiger partial charge in [0.05, 0.1) is 5.02 Å². The fourth-order valence-electron chi connectivity index (χ4n) is 1.09. The molecule has 2 amide bonds. The van der Waals surface area contributed by atoms with Crippen LogP contribution in [0.3, 0.4) is 0 Å². The molecule has 0 fully saturated rings. The summed E-state index contributed by atoms with van der Waals surface area (Å²) in [6.07, 6.45) is 2.48. The van der Waals surface area contributed by atoms with Crippen molar-refractivity contribution in [3.05, 3.63) is 41.4 Å². The minimum absolute atomic E-state index is 0.329. The first-order valence-corrected chi connectivity index (χ1v) is 5.32. The molecule has 1 aromatic carbocycles. The predicted molar refractivity (Wildman–Crippen MR) is 58.3 cm³/mol. The normalized spacial score (nSPS) is 15.1. The number of rotatable bonds is 2. The van der Waals surface area contributed by atoms with Gasteiger partial charge in [-0.05, 0) is 24.1 Å². The van der Waals surface area contributed by atoms with Crippen molar-refractivity contribution in [2.75, 3.05) is 0 Å². The van der Waals surface area contributed by atoms with Gasteiger partial charge in [0, 0.05) is 17.0 Å². The number of carbonyl (C=O) groups excluding carboxylic acids is 2. The van der Waals surface area contributed by atoms with E-state index in [1.807, 2.05) is 0 Å². The van der Waals surface area contributed by atoms with Gasteiger partial charge in [-0.2, -0.15) is 0 Å². The molecule has 1 aliphatic heterocycles. The zero-order valence-electron chi connectivity index (χ0n) is 7.51. The quantitative estimate of drug-likeness (QED) is 0.587. The number of carbonyl (C=O) groups is 2. The maximum absolute atomic E-state index is 11.3. The van der Waals surface area contributed by atoms with Crippen LogP contribution >= 0.6 is 23.5 Å². The molecule has 0 spiro atoms. The minimum Gasteiger partial charge on any atom is -0.268 e. The van der Waals surface area contributed by atoms with E-state index < -0.39 is 0 Å². The Labute approximate surface area is 95.8 Å². The molecule has 1 heterocycles. The number of hydrogen-bond acceptors (Lipinski definition) is 3. The maximum atomic E-state index is 11.3. The lowest BCUT2D eigenvalue weighted by molar-refractivity contribution is -0.130. The molecule has 15 heavy (non-hydrogen) atoms. The lowest BCUT2D eigenvalue weighted by atomic mass is 10.4. The molecule has 0 saturated heterocycles. The van der Waals surface area contributed by atoms with E-state index >= 15 is 0 Å². The summed E-state index contributed by atoms with van der Waals surface area (Å²) in [4.78, 5) is 23.2. The van der Waals surface area contributed by atoms with Crippen LogP contribution in [-0.4, -0.2) is 16.1 Å². The molecule has 1 aliphatic rings. The van der Waals surface area contributed by atoms with Crippen LogP contribution in [0.25, 0.3) is 0 Å². The van der Waals surface area contributed by atoms with Gasteiger partial charge in [-0.15, -0.1) is 0 Å². The average Bonchev–Trinajstić information content (AvgIpc) is 2.53. The van der Waals surface area contributed by atoms with E-state index in [0.29, 0.717) is 9.92 Å². The van der Waals surface area contributed by atoms with Gasteiger partial charge in [0.1, 0.15) is 0 Å². The maximum Gasteiger partial charge on any atom is 0.264 e. The highest BCUT2D eigenvalue weighted by atomic mass is 35.5. The second kappa shape index (κ2) is 4.08. The van der Waals surface area contributed by atoms with Crippen molar-refractivity contribution in [2.45, 2.75) is 4.90 Å².